The van der Waals surface area contributed by atoms with Crippen LogP contribution in [-0.4, -0.2) is 22.2 Å². The smallest absolute Gasteiger partial charge is 0.310 e. The minimum absolute atomic E-state index is 0.450. The van der Waals surface area contributed by atoms with Crippen LogP contribution in [0.4, 0.5) is 0 Å². The first kappa shape index (κ1) is 9.03. The van der Waals surface area contributed by atoms with Crippen LogP contribution in [0.1, 0.15) is 26.7 Å². The Balaban J connectivity index is 2.97. The monoisotopic (exact) mass is 172 g/mol. The number of carboxylic acids is 2. The van der Waals surface area contributed by atoms with E-state index in [9.17, 15) is 9.59 Å². The summed E-state index contributed by atoms with van der Waals surface area (Å²) in [7, 11) is 0. The summed E-state index contributed by atoms with van der Waals surface area (Å²) in [5.74, 6) is -2.03. The van der Waals surface area contributed by atoms with Crippen molar-refractivity contribution in [3.05, 3.63) is 0 Å². The molecule has 0 aromatic heterocycles. The summed E-state index contributed by atoms with van der Waals surface area (Å²) < 4.78 is 0. The zero-order chi connectivity index (χ0) is 9.57. The lowest BCUT2D eigenvalue weighted by Crippen LogP contribution is -2.56. The zero-order valence-corrected chi connectivity index (χ0v) is 7.13. The van der Waals surface area contributed by atoms with Crippen LogP contribution in [0.5, 0.6) is 0 Å². The van der Waals surface area contributed by atoms with Gasteiger partial charge in [-0.1, -0.05) is 0 Å². The second kappa shape index (κ2) is 2.21. The molecular weight excluding hydrogens is 160 g/mol. The quantitative estimate of drug-likeness (QED) is 0.650. The average Bonchev–Trinajstić information content (AvgIpc) is 1.98. The summed E-state index contributed by atoms with van der Waals surface area (Å²) in [6.07, 6.45) is 0.899. The fourth-order valence-electron chi connectivity index (χ4n) is 1.56. The lowest BCUT2D eigenvalue weighted by Gasteiger charge is -2.49. The van der Waals surface area contributed by atoms with E-state index in [4.69, 9.17) is 10.2 Å². The second-order valence-corrected chi connectivity index (χ2v) is 3.77. The van der Waals surface area contributed by atoms with Crippen molar-refractivity contribution in [3.63, 3.8) is 0 Å². The highest BCUT2D eigenvalue weighted by molar-refractivity contribution is 5.88. The fraction of sp³-hybridized carbons (Fsp3) is 0.750. The van der Waals surface area contributed by atoms with Crippen LogP contribution in [-0.2, 0) is 9.59 Å². The Kier molecular flexibility index (Phi) is 1.67. The first-order valence-corrected chi connectivity index (χ1v) is 3.81. The minimum atomic E-state index is -1.08. The number of hydrogen-bond donors (Lipinski definition) is 2. The number of carboxylic acid groups (broad SMARTS) is 2. The molecule has 4 heteroatoms. The van der Waals surface area contributed by atoms with Gasteiger partial charge >= 0.3 is 11.9 Å². The summed E-state index contributed by atoms with van der Waals surface area (Å²) in [6, 6.07) is 0. The average molecular weight is 172 g/mol. The van der Waals surface area contributed by atoms with Crippen LogP contribution in [0, 0.1) is 10.8 Å². The van der Waals surface area contributed by atoms with Crippen LogP contribution < -0.4 is 0 Å². The molecule has 0 amide bonds. The molecule has 1 aliphatic rings. The van der Waals surface area contributed by atoms with Crippen molar-refractivity contribution in [2.24, 2.45) is 10.8 Å². The van der Waals surface area contributed by atoms with Crippen LogP contribution in [0.2, 0.25) is 0 Å². The maximum absolute atomic E-state index is 10.8. The third kappa shape index (κ3) is 0.777. The van der Waals surface area contributed by atoms with Gasteiger partial charge in [0.1, 0.15) is 0 Å². The molecule has 1 saturated carbocycles. The molecule has 0 aromatic carbocycles. The maximum atomic E-state index is 10.8. The third-order valence-corrected chi connectivity index (χ3v) is 3.29. The largest absolute Gasteiger partial charge is 0.481 e. The number of carbonyl (C=O) groups is 2. The number of aliphatic carboxylic acids is 2. The molecule has 1 rings (SSSR count). The van der Waals surface area contributed by atoms with Gasteiger partial charge in [0.25, 0.3) is 0 Å². The van der Waals surface area contributed by atoms with Crippen LogP contribution in [0.15, 0.2) is 0 Å². The van der Waals surface area contributed by atoms with Gasteiger partial charge in [-0.2, -0.15) is 0 Å². The highest BCUT2D eigenvalue weighted by Crippen LogP contribution is 2.56. The summed E-state index contributed by atoms with van der Waals surface area (Å²) in [6.45, 7) is 2.99. The highest BCUT2D eigenvalue weighted by atomic mass is 16.4. The van der Waals surface area contributed by atoms with Crippen LogP contribution in [0.25, 0.3) is 0 Å². The Bertz CT molecular complexity index is 221. The van der Waals surface area contributed by atoms with Crippen molar-refractivity contribution in [3.8, 4) is 0 Å². The number of hydrogen-bond acceptors (Lipinski definition) is 2. The van der Waals surface area contributed by atoms with E-state index in [1.54, 1.807) is 0 Å². The van der Waals surface area contributed by atoms with Crippen molar-refractivity contribution in [2.75, 3.05) is 0 Å². The lowest BCUT2D eigenvalue weighted by atomic mass is 9.51. The van der Waals surface area contributed by atoms with Gasteiger partial charge in [0, 0.05) is 0 Å². The predicted octanol–water partition coefficient (Wildman–Crippen LogP) is 0.962. The molecule has 2 atom stereocenters. The summed E-state index contributed by atoms with van der Waals surface area (Å²) in [5, 5.41) is 17.6. The van der Waals surface area contributed by atoms with Gasteiger partial charge in [0.05, 0.1) is 10.8 Å². The Morgan fingerprint density at radius 2 is 1.25 bits per heavy atom. The zero-order valence-electron chi connectivity index (χ0n) is 7.13. The molecule has 0 aliphatic heterocycles. The molecule has 1 aliphatic carbocycles. The van der Waals surface area contributed by atoms with Crippen molar-refractivity contribution in [2.45, 2.75) is 26.7 Å². The van der Waals surface area contributed by atoms with Gasteiger partial charge < -0.3 is 10.2 Å². The van der Waals surface area contributed by atoms with Gasteiger partial charge in [0.2, 0.25) is 0 Å². The number of rotatable bonds is 2. The van der Waals surface area contributed by atoms with E-state index in [-0.39, 0.29) is 0 Å². The first-order valence-electron chi connectivity index (χ1n) is 3.81. The standard InChI is InChI=1S/C8H12O4/c1-7(5(9)10)3-4-8(7,2)6(11)12/h3-4H2,1-2H3,(H,9,10)(H,11,12). The van der Waals surface area contributed by atoms with Gasteiger partial charge in [-0.05, 0) is 26.7 Å². The summed E-state index contributed by atoms with van der Waals surface area (Å²) in [5.41, 5.74) is -2.17. The first-order chi connectivity index (χ1) is 5.34. The SMILES string of the molecule is CC1(C(=O)O)CCC1(C)C(=O)O. The molecule has 0 spiro atoms. The van der Waals surface area contributed by atoms with Crippen molar-refractivity contribution >= 4 is 11.9 Å². The van der Waals surface area contributed by atoms with Gasteiger partial charge in [-0.25, -0.2) is 0 Å². The third-order valence-electron chi connectivity index (χ3n) is 3.29. The molecule has 0 saturated heterocycles. The molecule has 0 radical (unpaired) electrons. The molecule has 4 nitrogen and oxygen atoms in total. The van der Waals surface area contributed by atoms with Gasteiger partial charge in [-0.15, -0.1) is 0 Å². The second-order valence-electron chi connectivity index (χ2n) is 3.77. The van der Waals surface area contributed by atoms with Crippen molar-refractivity contribution in [1.29, 1.82) is 0 Å². The van der Waals surface area contributed by atoms with Crippen LogP contribution >= 0.6 is 0 Å². The van der Waals surface area contributed by atoms with Crippen molar-refractivity contribution < 1.29 is 19.8 Å². The normalized spacial score (nSPS) is 40.2. The fourth-order valence-corrected chi connectivity index (χ4v) is 1.56. The topological polar surface area (TPSA) is 74.6 Å². The lowest BCUT2D eigenvalue weighted by molar-refractivity contribution is -0.187. The molecular formula is C8H12O4. The molecule has 2 unspecified atom stereocenters. The van der Waals surface area contributed by atoms with Gasteiger partial charge in [0.15, 0.2) is 0 Å². The Morgan fingerprint density at radius 1 is 1.00 bits per heavy atom. The molecule has 0 heterocycles. The molecule has 0 bridgehead atoms. The van der Waals surface area contributed by atoms with Crippen molar-refractivity contribution in [1.82, 2.24) is 0 Å². The van der Waals surface area contributed by atoms with E-state index in [0.29, 0.717) is 12.8 Å². The van der Waals surface area contributed by atoms with Crippen LogP contribution in [0.3, 0.4) is 0 Å². The maximum Gasteiger partial charge on any atom is 0.310 e. The van der Waals surface area contributed by atoms with E-state index in [1.165, 1.54) is 13.8 Å². The molecule has 0 aromatic rings. The Hall–Kier alpha value is -1.06. The van der Waals surface area contributed by atoms with E-state index in [1.807, 2.05) is 0 Å². The highest BCUT2D eigenvalue weighted by Gasteiger charge is 2.62. The predicted molar refractivity (Wildman–Crippen MR) is 40.7 cm³/mol. The van der Waals surface area contributed by atoms with Gasteiger partial charge in [-0.3, -0.25) is 9.59 Å². The Labute approximate surface area is 70.2 Å². The minimum Gasteiger partial charge on any atom is -0.481 e. The molecule has 12 heavy (non-hydrogen) atoms. The molecule has 2 N–H and O–H groups in total. The molecule has 68 valence electrons. The van der Waals surface area contributed by atoms with E-state index < -0.39 is 22.8 Å². The Morgan fingerprint density at radius 3 is 1.33 bits per heavy atom. The van der Waals surface area contributed by atoms with E-state index in [0.717, 1.165) is 0 Å². The summed E-state index contributed by atoms with van der Waals surface area (Å²) >= 11 is 0. The summed E-state index contributed by atoms with van der Waals surface area (Å²) in [4.78, 5) is 21.5. The van der Waals surface area contributed by atoms with E-state index in [2.05, 4.69) is 0 Å². The van der Waals surface area contributed by atoms with E-state index >= 15 is 0 Å². The molecule has 1 fully saturated rings.